The van der Waals surface area contributed by atoms with Gasteiger partial charge in [0, 0.05) is 32.7 Å². The molecule has 0 saturated carbocycles. The highest BCUT2D eigenvalue weighted by atomic mass is 16.2. The zero-order valence-electron chi connectivity index (χ0n) is 9.52. The van der Waals surface area contributed by atoms with E-state index in [1.54, 1.807) is 4.90 Å². The average Bonchev–Trinajstić information content (AvgIpc) is 2.39. The molecule has 2 amide bonds. The fraction of sp³-hybridized carbons (Fsp3) is 0.818. The average molecular weight is 225 g/mol. The molecule has 0 aliphatic carbocycles. The van der Waals surface area contributed by atoms with E-state index in [-0.39, 0.29) is 11.9 Å². The summed E-state index contributed by atoms with van der Waals surface area (Å²) in [6.45, 7) is 3.98. The molecule has 2 aliphatic rings. The lowest BCUT2D eigenvalue weighted by Gasteiger charge is -2.37. The second-order valence-corrected chi connectivity index (χ2v) is 4.43. The van der Waals surface area contributed by atoms with Gasteiger partial charge in [0.15, 0.2) is 0 Å². The van der Waals surface area contributed by atoms with Gasteiger partial charge in [-0.15, -0.1) is 0 Å². The van der Waals surface area contributed by atoms with Crippen molar-refractivity contribution in [1.82, 2.24) is 15.1 Å². The van der Waals surface area contributed by atoms with Crippen molar-refractivity contribution in [2.24, 2.45) is 0 Å². The van der Waals surface area contributed by atoms with Crippen molar-refractivity contribution in [3.8, 4) is 0 Å². The predicted octanol–water partition coefficient (Wildman–Crippen LogP) is -0.571. The largest absolute Gasteiger partial charge is 0.338 e. The van der Waals surface area contributed by atoms with Crippen LogP contribution in [-0.2, 0) is 9.59 Å². The topological polar surface area (TPSA) is 52.7 Å². The van der Waals surface area contributed by atoms with Gasteiger partial charge >= 0.3 is 0 Å². The van der Waals surface area contributed by atoms with Crippen LogP contribution in [0, 0.1) is 0 Å². The zero-order chi connectivity index (χ0) is 11.4. The third kappa shape index (κ3) is 2.35. The maximum atomic E-state index is 12.2. The van der Waals surface area contributed by atoms with Crippen molar-refractivity contribution in [2.45, 2.75) is 25.3 Å². The van der Waals surface area contributed by atoms with Crippen LogP contribution in [-0.4, -0.2) is 60.9 Å². The van der Waals surface area contributed by atoms with Gasteiger partial charge in [-0.3, -0.25) is 9.59 Å². The molecule has 2 heterocycles. The Bertz CT molecular complexity index is 264. The second-order valence-electron chi connectivity index (χ2n) is 4.43. The van der Waals surface area contributed by atoms with Crippen LogP contribution in [0.2, 0.25) is 0 Å². The number of hydrogen-bond donors (Lipinski definition) is 1. The van der Waals surface area contributed by atoms with Gasteiger partial charge < -0.3 is 15.1 Å². The molecule has 0 aromatic heterocycles. The summed E-state index contributed by atoms with van der Waals surface area (Å²) in [5.41, 5.74) is 0. The van der Waals surface area contributed by atoms with E-state index in [2.05, 4.69) is 5.32 Å². The van der Waals surface area contributed by atoms with E-state index in [1.807, 2.05) is 4.90 Å². The molecule has 0 aromatic rings. The Kier molecular flexibility index (Phi) is 3.77. The number of nitrogens with one attached hydrogen (secondary N) is 1. The third-order valence-corrected chi connectivity index (χ3v) is 3.39. The molecule has 90 valence electrons. The molecule has 1 unspecified atom stereocenters. The van der Waals surface area contributed by atoms with Crippen LogP contribution in [0.1, 0.15) is 19.3 Å². The van der Waals surface area contributed by atoms with Crippen molar-refractivity contribution >= 4 is 12.3 Å². The molecule has 1 N–H and O–H groups in total. The van der Waals surface area contributed by atoms with Crippen LogP contribution in [0.5, 0.6) is 0 Å². The molecule has 0 bridgehead atoms. The van der Waals surface area contributed by atoms with Crippen molar-refractivity contribution in [2.75, 3.05) is 32.7 Å². The molecular weight excluding hydrogens is 206 g/mol. The molecule has 2 saturated heterocycles. The number of hydrogen-bond acceptors (Lipinski definition) is 3. The molecule has 0 spiro atoms. The first-order valence-electron chi connectivity index (χ1n) is 6.03. The number of likely N-dealkylation sites (tertiary alicyclic amines) is 1. The highest BCUT2D eigenvalue weighted by Crippen LogP contribution is 2.17. The summed E-state index contributed by atoms with van der Waals surface area (Å²) in [6.07, 6.45) is 3.71. The van der Waals surface area contributed by atoms with E-state index < -0.39 is 0 Å². The van der Waals surface area contributed by atoms with Crippen LogP contribution < -0.4 is 5.32 Å². The highest BCUT2D eigenvalue weighted by Gasteiger charge is 2.31. The van der Waals surface area contributed by atoms with Gasteiger partial charge in [-0.1, -0.05) is 0 Å². The van der Waals surface area contributed by atoms with Gasteiger partial charge in [0.25, 0.3) is 0 Å². The minimum absolute atomic E-state index is 0.133. The van der Waals surface area contributed by atoms with Gasteiger partial charge in [0.05, 0.1) is 0 Å². The maximum absolute atomic E-state index is 12.2. The van der Waals surface area contributed by atoms with Crippen molar-refractivity contribution in [3.05, 3.63) is 0 Å². The first kappa shape index (κ1) is 11.4. The van der Waals surface area contributed by atoms with Crippen molar-refractivity contribution in [3.63, 3.8) is 0 Å². The Labute approximate surface area is 95.8 Å². The number of carbonyl (C=O) groups is 2. The van der Waals surface area contributed by atoms with Crippen LogP contribution in [0.15, 0.2) is 0 Å². The molecule has 5 heteroatoms. The molecule has 0 aromatic carbocycles. The van der Waals surface area contributed by atoms with Crippen LogP contribution in [0.3, 0.4) is 0 Å². The van der Waals surface area contributed by atoms with Gasteiger partial charge in [-0.2, -0.15) is 0 Å². The lowest BCUT2D eigenvalue weighted by molar-refractivity contribution is -0.142. The number of piperazine rings is 1. The molecule has 0 radical (unpaired) electrons. The summed E-state index contributed by atoms with van der Waals surface area (Å²) in [4.78, 5) is 26.7. The van der Waals surface area contributed by atoms with E-state index >= 15 is 0 Å². The quantitative estimate of drug-likeness (QED) is 0.640. The maximum Gasteiger partial charge on any atom is 0.245 e. The summed E-state index contributed by atoms with van der Waals surface area (Å²) in [7, 11) is 0. The number of nitrogens with zero attached hydrogens (tertiary/aromatic N) is 2. The van der Waals surface area contributed by atoms with Crippen molar-refractivity contribution in [1.29, 1.82) is 0 Å². The molecule has 2 aliphatic heterocycles. The normalized spacial score (nSPS) is 26.6. The van der Waals surface area contributed by atoms with E-state index in [0.29, 0.717) is 0 Å². The van der Waals surface area contributed by atoms with Gasteiger partial charge in [-0.25, -0.2) is 0 Å². The first-order valence-corrected chi connectivity index (χ1v) is 6.03. The van der Waals surface area contributed by atoms with Crippen LogP contribution in [0.4, 0.5) is 0 Å². The molecule has 2 fully saturated rings. The second kappa shape index (κ2) is 5.30. The molecule has 5 nitrogen and oxygen atoms in total. The predicted molar refractivity (Wildman–Crippen MR) is 59.9 cm³/mol. The summed E-state index contributed by atoms with van der Waals surface area (Å²) < 4.78 is 0. The Hall–Kier alpha value is -1.10. The Morgan fingerprint density at radius 1 is 1.19 bits per heavy atom. The molecule has 16 heavy (non-hydrogen) atoms. The summed E-state index contributed by atoms with van der Waals surface area (Å²) >= 11 is 0. The third-order valence-electron chi connectivity index (χ3n) is 3.39. The lowest BCUT2D eigenvalue weighted by Crippen LogP contribution is -2.55. The summed E-state index contributed by atoms with van der Waals surface area (Å²) in [6, 6.07) is -0.204. The molecular formula is C11H19N3O2. The summed E-state index contributed by atoms with van der Waals surface area (Å²) in [5.74, 6) is 0.133. The smallest absolute Gasteiger partial charge is 0.245 e. The van der Waals surface area contributed by atoms with Crippen LogP contribution >= 0.6 is 0 Å². The van der Waals surface area contributed by atoms with Gasteiger partial charge in [0.2, 0.25) is 12.3 Å². The van der Waals surface area contributed by atoms with Gasteiger partial charge in [-0.05, 0) is 19.3 Å². The fourth-order valence-electron chi connectivity index (χ4n) is 2.44. The fourth-order valence-corrected chi connectivity index (χ4v) is 2.44. The zero-order valence-corrected chi connectivity index (χ0v) is 9.52. The standard InChI is InChI=1S/C11H19N3O2/c15-9-14-6-2-1-3-10(14)11(16)13-7-4-12-5-8-13/h9-10,12H,1-8H2. The van der Waals surface area contributed by atoms with Crippen molar-refractivity contribution < 1.29 is 9.59 Å². The first-order chi connectivity index (χ1) is 7.83. The highest BCUT2D eigenvalue weighted by molar-refractivity contribution is 5.84. The molecule has 1 atom stereocenters. The monoisotopic (exact) mass is 225 g/mol. The number of amides is 2. The Morgan fingerprint density at radius 2 is 1.94 bits per heavy atom. The lowest BCUT2D eigenvalue weighted by atomic mass is 10.0. The van der Waals surface area contributed by atoms with E-state index in [9.17, 15) is 9.59 Å². The Balaban J connectivity index is 1.97. The summed E-state index contributed by atoms with van der Waals surface area (Å²) in [5, 5.41) is 3.22. The number of carbonyl (C=O) groups excluding carboxylic acids is 2. The Morgan fingerprint density at radius 3 is 2.62 bits per heavy atom. The van der Waals surface area contributed by atoms with E-state index in [4.69, 9.17) is 0 Å². The van der Waals surface area contributed by atoms with E-state index in [0.717, 1.165) is 58.4 Å². The molecule has 2 rings (SSSR count). The minimum atomic E-state index is -0.204. The SMILES string of the molecule is O=CN1CCCCC1C(=O)N1CCNCC1. The van der Waals surface area contributed by atoms with Crippen LogP contribution in [0.25, 0.3) is 0 Å². The minimum Gasteiger partial charge on any atom is -0.338 e. The number of rotatable bonds is 2. The number of piperidine rings is 1. The van der Waals surface area contributed by atoms with Gasteiger partial charge in [0.1, 0.15) is 6.04 Å². The van der Waals surface area contributed by atoms with E-state index in [1.165, 1.54) is 0 Å².